The molecule has 2 aromatic carbocycles. The van der Waals surface area contributed by atoms with Crippen LogP contribution in [-0.4, -0.2) is 21.9 Å². The van der Waals surface area contributed by atoms with Gasteiger partial charge in [0.15, 0.2) is 0 Å². The van der Waals surface area contributed by atoms with Crippen LogP contribution < -0.4 is 5.43 Å². The highest BCUT2D eigenvalue weighted by atomic mass is 79.9. The molecule has 0 aliphatic rings. The van der Waals surface area contributed by atoms with Crippen molar-refractivity contribution >= 4 is 28.1 Å². The molecular formula is C20H19BrN4O. The molecule has 1 heterocycles. The van der Waals surface area contributed by atoms with Gasteiger partial charge in [-0.15, -0.1) is 0 Å². The maximum atomic E-state index is 12.1. The summed E-state index contributed by atoms with van der Waals surface area (Å²) in [7, 11) is 0. The molecule has 132 valence electrons. The summed E-state index contributed by atoms with van der Waals surface area (Å²) in [5.41, 5.74) is 7.09. The molecule has 0 aliphatic heterocycles. The number of carbonyl (C=O) groups excluding carboxylic acids is 1. The predicted octanol–water partition coefficient (Wildman–Crippen LogP) is 4.07. The minimum atomic E-state index is -0.249. The molecule has 1 aromatic heterocycles. The van der Waals surface area contributed by atoms with E-state index in [-0.39, 0.29) is 5.91 Å². The predicted molar refractivity (Wildman–Crippen MR) is 106 cm³/mol. The SMILES string of the molecule is Cc1nn(Cc2ccccc2)c(C)c1C=NNC(=O)c1ccc(Br)cc1. The van der Waals surface area contributed by atoms with Crippen LogP contribution in [0.2, 0.25) is 0 Å². The molecule has 0 radical (unpaired) electrons. The summed E-state index contributed by atoms with van der Waals surface area (Å²) >= 11 is 3.35. The van der Waals surface area contributed by atoms with Gasteiger partial charge in [-0.05, 0) is 43.7 Å². The van der Waals surface area contributed by atoms with Gasteiger partial charge >= 0.3 is 0 Å². The van der Waals surface area contributed by atoms with Gasteiger partial charge in [0.25, 0.3) is 5.91 Å². The second-order valence-corrected chi connectivity index (χ2v) is 6.85. The Morgan fingerprint density at radius 1 is 1.15 bits per heavy atom. The normalized spacial score (nSPS) is 11.0. The fourth-order valence-electron chi connectivity index (χ4n) is 2.63. The number of halogens is 1. The molecule has 26 heavy (non-hydrogen) atoms. The molecule has 0 bridgehead atoms. The highest BCUT2D eigenvalue weighted by Crippen LogP contribution is 2.13. The molecule has 0 fully saturated rings. The van der Waals surface area contributed by atoms with Crippen molar-refractivity contribution in [2.75, 3.05) is 0 Å². The largest absolute Gasteiger partial charge is 0.271 e. The van der Waals surface area contributed by atoms with Gasteiger partial charge in [0.1, 0.15) is 0 Å². The second kappa shape index (κ2) is 8.10. The van der Waals surface area contributed by atoms with Gasteiger partial charge in [-0.3, -0.25) is 9.48 Å². The Balaban J connectivity index is 1.70. The maximum absolute atomic E-state index is 12.1. The van der Waals surface area contributed by atoms with Gasteiger partial charge in [-0.25, -0.2) is 5.43 Å². The minimum Gasteiger partial charge on any atom is -0.267 e. The standard InChI is InChI=1S/C20H19BrN4O/c1-14-19(12-22-23-20(26)17-8-10-18(21)11-9-17)15(2)25(24-14)13-16-6-4-3-5-7-16/h3-12H,13H2,1-2H3,(H,23,26). The summed E-state index contributed by atoms with van der Waals surface area (Å²) in [5, 5.41) is 8.67. The van der Waals surface area contributed by atoms with Gasteiger partial charge in [0.2, 0.25) is 0 Å². The van der Waals surface area contributed by atoms with Gasteiger partial charge in [0.05, 0.1) is 18.5 Å². The lowest BCUT2D eigenvalue weighted by Crippen LogP contribution is -2.17. The van der Waals surface area contributed by atoms with Crippen molar-refractivity contribution in [1.29, 1.82) is 0 Å². The molecular weight excluding hydrogens is 392 g/mol. The number of benzene rings is 2. The van der Waals surface area contributed by atoms with Crippen LogP contribution in [0.15, 0.2) is 64.2 Å². The zero-order valence-electron chi connectivity index (χ0n) is 14.6. The summed E-state index contributed by atoms with van der Waals surface area (Å²) in [4.78, 5) is 12.1. The average molecular weight is 411 g/mol. The molecule has 0 saturated carbocycles. The first-order valence-corrected chi connectivity index (χ1v) is 9.01. The Hall–Kier alpha value is -2.73. The third-order valence-corrected chi connectivity index (χ3v) is 4.61. The van der Waals surface area contributed by atoms with Crippen molar-refractivity contribution in [3.8, 4) is 0 Å². The van der Waals surface area contributed by atoms with Crippen molar-refractivity contribution in [2.45, 2.75) is 20.4 Å². The van der Waals surface area contributed by atoms with Crippen molar-refractivity contribution in [3.63, 3.8) is 0 Å². The Bertz CT molecular complexity index is 930. The topological polar surface area (TPSA) is 59.3 Å². The van der Waals surface area contributed by atoms with Crippen LogP contribution in [0.1, 0.15) is 32.9 Å². The van der Waals surface area contributed by atoms with Crippen LogP contribution in [0.5, 0.6) is 0 Å². The van der Waals surface area contributed by atoms with E-state index in [0.717, 1.165) is 21.4 Å². The number of aryl methyl sites for hydroxylation is 1. The summed E-state index contributed by atoms with van der Waals surface area (Å²) in [6.07, 6.45) is 1.65. The van der Waals surface area contributed by atoms with Crippen molar-refractivity contribution < 1.29 is 4.79 Å². The number of nitrogens with one attached hydrogen (secondary N) is 1. The van der Waals surface area contributed by atoms with E-state index in [1.807, 2.05) is 48.9 Å². The lowest BCUT2D eigenvalue weighted by molar-refractivity contribution is 0.0955. The van der Waals surface area contributed by atoms with Crippen LogP contribution in [0.4, 0.5) is 0 Å². The van der Waals surface area contributed by atoms with Crippen LogP contribution in [-0.2, 0) is 6.54 Å². The average Bonchev–Trinajstić information content (AvgIpc) is 2.90. The quantitative estimate of drug-likeness (QED) is 0.508. The first kappa shape index (κ1) is 18.1. The van der Waals surface area contributed by atoms with Crippen molar-refractivity contribution in [1.82, 2.24) is 15.2 Å². The monoisotopic (exact) mass is 410 g/mol. The first-order valence-electron chi connectivity index (χ1n) is 8.21. The van der Waals surface area contributed by atoms with E-state index < -0.39 is 0 Å². The minimum absolute atomic E-state index is 0.249. The van der Waals surface area contributed by atoms with Crippen LogP contribution in [0.25, 0.3) is 0 Å². The molecule has 1 N–H and O–H groups in total. The molecule has 3 rings (SSSR count). The molecule has 5 nitrogen and oxygen atoms in total. The van der Waals surface area contributed by atoms with Gasteiger partial charge in [0, 0.05) is 21.3 Å². The van der Waals surface area contributed by atoms with Crippen molar-refractivity contribution in [2.24, 2.45) is 5.10 Å². The van der Waals surface area contributed by atoms with Gasteiger partial charge in [-0.1, -0.05) is 46.3 Å². The lowest BCUT2D eigenvalue weighted by Gasteiger charge is -2.04. The van der Waals surface area contributed by atoms with Crippen LogP contribution >= 0.6 is 15.9 Å². The molecule has 6 heteroatoms. The van der Waals surface area contributed by atoms with E-state index in [1.54, 1.807) is 18.3 Å². The Morgan fingerprint density at radius 3 is 2.54 bits per heavy atom. The second-order valence-electron chi connectivity index (χ2n) is 5.93. The third-order valence-electron chi connectivity index (χ3n) is 4.08. The Kier molecular flexibility index (Phi) is 5.63. The molecule has 0 spiro atoms. The fraction of sp³-hybridized carbons (Fsp3) is 0.150. The summed E-state index contributed by atoms with van der Waals surface area (Å²) in [5.74, 6) is -0.249. The van der Waals surface area contributed by atoms with Crippen molar-refractivity contribution in [3.05, 3.63) is 87.1 Å². The summed E-state index contributed by atoms with van der Waals surface area (Å²) in [6, 6.07) is 17.3. The Morgan fingerprint density at radius 2 is 1.85 bits per heavy atom. The van der Waals surface area contributed by atoms with E-state index in [4.69, 9.17) is 0 Å². The number of carbonyl (C=O) groups is 1. The fourth-order valence-corrected chi connectivity index (χ4v) is 2.89. The van der Waals surface area contributed by atoms with E-state index in [9.17, 15) is 4.79 Å². The smallest absolute Gasteiger partial charge is 0.267 e. The van der Waals surface area contributed by atoms with E-state index in [1.165, 1.54) is 5.56 Å². The number of hydrogen-bond donors (Lipinski definition) is 1. The van der Waals surface area contributed by atoms with E-state index in [0.29, 0.717) is 12.1 Å². The highest BCUT2D eigenvalue weighted by molar-refractivity contribution is 9.10. The van der Waals surface area contributed by atoms with Gasteiger partial charge in [-0.2, -0.15) is 10.2 Å². The number of hydrazone groups is 1. The molecule has 0 aliphatic carbocycles. The lowest BCUT2D eigenvalue weighted by atomic mass is 10.2. The molecule has 0 unspecified atom stereocenters. The maximum Gasteiger partial charge on any atom is 0.271 e. The van der Waals surface area contributed by atoms with Crippen LogP contribution in [0.3, 0.4) is 0 Å². The third kappa shape index (κ3) is 4.26. The zero-order valence-corrected chi connectivity index (χ0v) is 16.2. The number of aromatic nitrogens is 2. The van der Waals surface area contributed by atoms with Crippen LogP contribution in [0, 0.1) is 13.8 Å². The summed E-state index contributed by atoms with van der Waals surface area (Å²) in [6.45, 7) is 4.64. The highest BCUT2D eigenvalue weighted by Gasteiger charge is 2.10. The molecule has 1 amide bonds. The van der Waals surface area contributed by atoms with E-state index in [2.05, 4.69) is 43.7 Å². The molecule has 0 atom stereocenters. The molecule has 3 aromatic rings. The summed E-state index contributed by atoms with van der Waals surface area (Å²) < 4.78 is 2.87. The number of hydrogen-bond acceptors (Lipinski definition) is 3. The van der Waals surface area contributed by atoms with E-state index >= 15 is 0 Å². The number of nitrogens with zero attached hydrogens (tertiary/aromatic N) is 3. The number of amides is 1. The Labute approximate surface area is 160 Å². The van der Waals surface area contributed by atoms with Gasteiger partial charge < -0.3 is 0 Å². The molecule has 0 saturated heterocycles. The number of rotatable bonds is 5. The first-order chi connectivity index (χ1) is 12.5. The zero-order chi connectivity index (χ0) is 18.5.